The lowest BCUT2D eigenvalue weighted by Gasteiger charge is -2.26. The molecule has 6 heteroatoms. The second-order valence-electron chi connectivity index (χ2n) is 5.67. The van der Waals surface area contributed by atoms with Crippen LogP contribution in [0.15, 0.2) is 59.5 Å². The molecule has 24 heavy (non-hydrogen) atoms. The molecule has 130 valence electrons. The summed E-state index contributed by atoms with van der Waals surface area (Å²) < 4.78 is 27.8. The van der Waals surface area contributed by atoms with Crippen molar-refractivity contribution in [1.82, 2.24) is 4.72 Å². The van der Waals surface area contributed by atoms with Crippen molar-refractivity contribution in [3.63, 3.8) is 0 Å². The van der Waals surface area contributed by atoms with Crippen LogP contribution in [0.1, 0.15) is 31.2 Å². The van der Waals surface area contributed by atoms with Gasteiger partial charge in [-0.2, -0.15) is 0 Å². The zero-order valence-corrected chi connectivity index (χ0v) is 15.1. The molecule has 0 spiro atoms. The van der Waals surface area contributed by atoms with Gasteiger partial charge < -0.3 is 5.11 Å². The highest BCUT2D eigenvalue weighted by molar-refractivity contribution is 7.89. The van der Waals surface area contributed by atoms with E-state index >= 15 is 0 Å². The maximum absolute atomic E-state index is 12.6. The predicted molar refractivity (Wildman–Crippen MR) is 96.7 cm³/mol. The van der Waals surface area contributed by atoms with Crippen molar-refractivity contribution in [2.24, 2.45) is 0 Å². The van der Waals surface area contributed by atoms with Gasteiger partial charge in [-0.1, -0.05) is 55.3 Å². The van der Waals surface area contributed by atoms with Crippen LogP contribution in [0.25, 0.3) is 0 Å². The first-order valence-electron chi connectivity index (χ1n) is 7.91. The number of hydrogen-bond donors (Lipinski definition) is 2. The van der Waals surface area contributed by atoms with E-state index in [1.54, 1.807) is 0 Å². The van der Waals surface area contributed by atoms with E-state index < -0.39 is 16.1 Å². The van der Waals surface area contributed by atoms with E-state index in [1.807, 2.05) is 37.3 Å². The fourth-order valence-electron chi connectivity index (χ4n) is 2.74. The van der Waals surface area contributed by atoms with Gasteiger partial charge in [0.05, 0.1) is 17.5 Å². The van der Waals surface area contributed by atoms with Gasteiger partial charge >= 0.3 is 0 Å². The standard InChI is InChI=1S/C18H22ClNO3S/c1-2-6-17(14-7-4-3-5-8-14)18(13-21)20-24(22,23)16-11-9-15(19)10-12-16/h3-5,7-12,17-18,20-21H,2,6,13H2,1H3. The first kappa shape index (κ1) is 18.9. The Morgan fingerprint density at radius 3 is 2.25 bits per heavy atom. The first-order valence-corrected chi connectivity index (χ1v) is 9.77. The molecule has 2 rings (SSSR count). The molecular formula is C18H22ClNO3S. The fourth-order valence-corrected chi connectivity index (χ4v) is 4.13. The van der Waals surface area contributed by atoms with Gasteiger partial charge in [-0.15, -0.1) is 0 Å². The second-order valence-corrected chi connectivity index (χ2v) is 7.82. The zero-order valence-electron chi connectivity index (χ0n) is 13.5. The van der Waals surface area contributed by atoms with Crippen LogP contribution in [0.2, 0.25) is 5.02 Å². The number of benzene rings is 2. The van der Waals surface area contributed by atoms with E-state index in [9.17, 15) is 13.5 Å². The summed E-state index contributed by atoms with van der Waals surface area (Å²) in [5.74, 6) is -0.0942. The van der Waals surface area contributed by atoms with E-state index in [4.69, 9.17) is 11.6 Å². The van der Waals surface area contributed by atoms with Crippen LogP contribution in [-0.4, -0.2) is 26.2 Å². The molecule has 2 N–H and O–H groups in total. The number of aliphatic hydroxyl groups is 1. The molecule has 0 saturated carbocycles. The molecule has 0 bridgehead atoms. The SMILES string of the molecule is CCCC(c1ccccc1)C(CO)NS(=O)(=O)c1ccc(Cl)cc1. The van der Waals surface area contributed by atoms with Gasteiger partial charge in [-0.25, -0.2) is 13.1 Å². The highest BCUT2D eigenvalue weighted by Crippen LogP contribution is 2.26. The first-order chi connectivity index (χ1) is 11.5. The second kappa shape index (κ2) is 8.62. The third-order valence-corrected chi connectivity index (χ3v) is 5.70. The lowest BCUT2D eigenvalue weighted by Crippen LogP contribution is -2.41. The van der Waals surface area contributed by atoms with Crippen molar-refractivity contribution in [3.8, 4) is 0 Å². The summed E-state index contributed by atoms with van der Waals surface area (Å²) in [6.45, 7) is 1.77. The van der Waals surface area contributed by atoms with Crippen LogP contribution >= 0.6 is 11.6 Å². The number of sulfonamides is 1. The van der Waals surface area contributed by atoms with Gasteiger partial charge in [-0.05, 0) is 36.2 Å². The molecule has 0 aliphatic carbocycles. The molecule has 2 aromatic carbocycles. The van der Waals surface area contributed by atoms with Gasteiger partial charge in [-0.3, -0.25) is 0 Å². The molecule has 0 aliphatic rings. The number of hydrogen-bond acceptors (Lipinski definition) is 3. The molecule has 0 saturated heterocycles. The number of nitrogens with one attached hydrogen (secondary N) is 1. The largest absolute Gasteiger partial charge is 0.395 e. The summed E-state index contributed by atoms with van der Waals surface area (Å²) in [5, 5.41) is 10.3. The number of rotatable bonds is 8. The van der Waals surface area contributed by atoms with Crippen LogP contribution in [0.5, 0.6) is 0 Å². The molecular weight excluding hydrogens is 346 g/mol. The van der Waals surface area contributed by atoms with Crippen molar-refractivity contribution in [2.45, 2.75) is 36.6 Å². The quantitative estimate of drug-likeness (QED) is 0.749. The summed E-state index contributed by atoms with van der Waals surface area (Å²) in [6, 6.07) is 15.0. The Labute approximate surface area is 148 Å². The van der Waals surface area contributed by atoms with Crippen LogP contribution in [0, 0.1) is 0 Å². The molecule has 2 unspecified atom stereocenters. The summed E-state index contributed by atoms with van der Waals surface area (Å²) in [6.07, 6.45) is 1.66. The monoisotopic (exact) mass is 367 g/mol. The maximum Gasteiger partial charge on any atom is 0.240 e. The minimum atomic E-state index is -3.73. The Bertz CT molecular complexity index is 733. The van der Waals surface area contributed by atoms with Crippen LogP contribution < -0.4 is 4.72 Å². The van der Waals surface area contributed by atoms with E-state index in [1.165, 1.54) is 24.3 Å². The zero-order chi connectivity index (χ0) is 17.6. The van der Waals surface area contributed by atoms with Crippen molar-refractivity contribution in [1.29, 1.82) is 0 Å². The number of aliphatic hydroxyl groups excluding tert-OH is 1. The fraction of sp³-hybridized carbons (Fsp3) is 0.333. The summed E-state index contributed by atoms with van der Waals surface area (Å²) in [5.41, 5.74) is 1.01. The molecule has 0 aromatic heterocycles. The smallest absolute Gasteiger partial charge is 0.240 e. The van der Waals surface area contributed by atoms with Crippen molar-refractivity contribution in [3.05, 3.63) is 65.2 Å². The Morgan fingerprint density at radius 2 is 1.71 bits per heavy atom. The summed E-state index contributed by atoms with van der Waals surface area (Å²) in [7, 11) is -3.73. The normalized spacial score (nSPS) is 14.3. The van der Waals surface area contributed by atoms with Gasteiger partial charge in [0.1, 0.15) is 0 Å². The van der Waals surface area contributed by atoms with E-state index in [0.29, 0.717) is 5.02 Å². The molecule has 0 aliphatic heterocycles. The van der Waals surface area contributed by atoms with Crippen molar-refractivity contribution in [2.75, 3.05) is 6.61 Å². The lowest BCUT2D eigenvalue weighted by molar-refractivity contribution is 0.234. The van der Waals surface area contributed by atoms with Gasteiger partial charge in [0.25, 0.3) is 0 Å². The third-order valence-electron chi connectivity index (χ3n) is 3.94. The van der Waals surface area contributed by atoms with Crippen molar-refractivity contribution >= 4 is 21.6 Å². The van der Waals surface area contributed by atoms with Crippen LogP contribution in [0.3, 0.4) is 0 Å². The summed E-state index contributed by atoms with van der Waals surface area (Å²) >= 11 is 5.81. The maximum atomic E-state index is 12.6. The highest BCUT2D eigenvalue weighted by atomic mass is 35.5. The molecule has 0 radical (unpaired) electrons. The van der Waals surface area contributed by atoms with Gasteiger partial charge in [0.15, 0.2) is 0 Å². The van der Waals surface area contributed by atoms with Crippen LogP contribution in [0.4, 0.5) is 0 Å². The Morgan fingerprint density at radius 1 is 1.08 bits per heavy atom. The number of halogens is 1. The molecule has 2 atom stereocenters. The van der Waals surface area contributed by atoms with Gasteiger partial charge in [0.2, 0.25) is 10.0 Å². The minimum Gasteiger partial charge on any atom is -0.395 e. The molecule has 0 amide bonds. The van der Waals surface area contributed by atoms with E-state index in [0.717, 1.165) is 18.4 Å². The minimum absolute atomic E-state index is 0.0942. The Kier molecular flexibility index (Phi) is 6.80. The van der Waals surface area contributed by atoms with Crippen LogP contribution in [-0.2, 0) is 10.0 Å². The third kappa shape index (κ3) is 4.80. The topological polar surface area (TPSA) is 66.4 Å². The average molecular weight is 368 g/mol. The molecule has 2 aromatic rings. The molecule has 0 heterocycles. The molecule has 4 nitrogen and oxygen atoms in total. The lowest BCUT2D eigenvalue weighted by atomic mass is 9.88. The van der Waals surface area contributed by atoms with Crippen molar-refractivity contribution < 1.29 is 13.5 Å². The Balaban J connectivity index is 2.27. The van der Waals surface area contributed by atoms with E-state index in [-0.39, 0.29) is 17.4 Å². The van der Waals surface area contributed by atoms with Gasteiger partial charge in [0, 0.05) is 10.9 Å². The predicted octanol–water partition coefficient (Wildman–Crippen LogP) is 3.56. The average Bonchev–Trinajstić information content (AvgIpc) is 2.59. The highest BCUT2D eigenvalue weighted by Gasteiger charge is 2.27. The Hall–Kier alpha value is -1.40. The summed E-state index contributed by atoms with van der Waals surface area (Å²) in [4.78, 5) is 0.133. The van der Waals surface area contributed by atoms with E-state index in [2.05, 4.69) is 4.72 Å². The molecule has 0 fully saturated rings.